The van der Waals surface area contributed by atoms with Crippen LogP contribution in [0.4, 0.5) is 4.79 Å². The molecule has 1 saturated heterocycles. The minimum Gasteiger partial charge on any atom is -0.444 e. The molecule has 1 heterocycles. The van der Waals surface area contributed by atoms with Crippen LogP contribution in [0.5, 0.6) is 0 Å². The van der Waals surface area contributed by atoms with Crippen molar-refractivity contribution in [1.82, 2.24) is 4.90 Å². The number of hydrogen-bond acceptors (Lipinski definition) is 4. The van der Waals surface area contributed by atoms with Crippen LogP contribution in [-0.4, -0.2) is 46.9 Å². The predicted octanol–water partition coefficient (Wildman–Crippen LogP) is 1.10. The predicted molar refractivity (Wildman–Crippen MR) is 65.6 cm³/mol. The van der Waals surface area contributed by atoms with Crippen LogP contribution in [-0.2, 0) is 4.74 Å². The van der Waals surface area contributed by atoms with Gasteiger partial charge in [0.15, 0.2) is 0 Å². The topological polar surface area (TPSA) is 75.8 Å². The number of carbonyl (C=O) groups is 1. The maximum absolute atomic E-state index is 11.9. The van der Waals surface area contributed by atoms with Gasteiger partial charge in [0.05, 0.1) is 6.61 Å². The molecule has 1 rings (SSSR count). The molecular formula is C12H24N2O3. The van der Waals surface area contributed by atoms with Crippen LogP contribution < -0.4 is 5.73 Å². The molecule has 0 radical (unpaired) electrons. The Morgan fingerprint density at radius 3 is 2.76 bits per heavy atom. The molecule has 0 spiro atoms. The Labute approximate surface area is 103 Å². The number of ether oxygens (including phenoxy) is 1. The van der Waals surface area contributed by atoms with Crippen LogP contribution in [0.25, 0.3) is 0 Å². The molecule has 1 aliphatic rings. The number of nitrogens with two attached hydrogens (primary N) is 1. The summed E-state index contributed by atoms with van der Waals surface area (Å²) >= 11 is 0. The summed E-state index contributed by atoms with van der Waals surface area (Å²) in [6.07, 6.45) is 2.27. The van der Waals surface area contributed by atoms with Gasteiger partial charge in [0.1, 0.15) is 5.60 Å². The smallest absolute Gasteiger partial charge is 0.410 e. The molecule has 3 N–H and O–H groups in total. The summed E-state index contributed by atoms with van der Waals surface area (Å²) in [6.45, 7) is 6.25. The van der Waals surface area contributed by atoms with Crippen molar-refractivity contribution in [1.29, 1.82) is 0 Å². The van der Waals surface area contributed by atoms with E-state index >= 15 is 0 Å². The zero-order valence-electron chi connectivity index (χ0n) is 11.0. The quantitative estimate of drug-likeness (QED) is 0.779. The SMILES string of the molecule is CC(C)(C)OC(=O)N1CCC[C@@H]1C[C@@H](N)CO. The van der Waals surface area contributed by atoms with Crippen molar-refractivity contribution >= 4 is 6.09 Å². The second kappa shape index (κ2) is 5.69. The number of nitrogens with zero attached hydrogens (tertiary/aromatic N) is 1. The molecule has 0 aromatic rings. The third-order valence-electron chi connectivity index (χ3n) is 2.81. The van der Waals surface area contributed by atoms with Gasteiger partial charge < -0.3 is 20.5 Å². The van der Waals surface area contributed by atoms with E-state index in [1.54, 1.807) is 4.90 Å². The fourth-order valence-corrected chi connectivity index (χ4v) is 2.07. The van der Waals surface area contributed by atoms with Crippen LogP contribution in [0.15, 0.2) is 0 Å². The minimum absolute atomic E-state index is 0.0430. The van der Waals surface area contributed by atoms with Gasteiger partial charge >= 0.3 is 6.09 Å². The Bertz CT molecular complexity index is 263. The number of hydrogen-bond donors (Lipinski definition) is 2. The fraction of sp³-hybridized carbons (Fsp3) is 0.917. The molecule has 0 saturated carbocycles. The van der Waals surface area contributed by atoms with Crippen molar-refractivity contribution in [3.63, 3.8) is 0 Å². The molecule has 17 heavy (non-hydrogen) atoms. The van der Waals surface area contributed by atoms with Crippen LogP contribution >= 0.6 is 0 Å². The Balaban J connectivity index is 2.54. The summed E-state index contributed by atoms with van der Waals surface area (Å²) in [5.41, 5.74) is 5.24. The van der Waals surface area contributed by atoms with Crippen LogP contribution in [0.2, 0.25) is 0 Å². The van der Waals surface area contributed by atoms with E-state index in [1.165, 1.54) is 0 Å². The van der Waals surface area contributed by atoms with E-state index in [9.17, 15) is 4.79 Å². The Morgan fingerprint density at radius 1 is 1.59 bits per heavy atom. The molecule has 0 aromatic heterocycles. The molecule has 5 nitrogen and oxygen atoms in total. The summed E-state index contributed by atoms with van der Waals surface area (Å²) in [7, 11) is 0. The molecular weight excluding hydrogens is 220 g/mol. The first kappa shape index (κ1) is 14.3. The van der Waals surface area contributed by atoms with Gasteiger partial charge in [-0.25, -0.2) is 4.79 Å². The highest BCUT2D eigenvalue weighted by atomic mass is 16.6. The standard InChI is InChI=1S/C12H24N2O3/c1-12(2,3)17-11(16)14-6-4-5-10(14)7-9(13)8-15/h9-10,15H,4-8,13H2,1-3H3/t9-,10-/m1/s1. The first-order valence-electron chi connectivity index (χ1n) is 6.19. The molecule has 0 aliphatic carbocycles. The first-order valence-corrected chi connectivity index (χ1v) is 6.19. The largest absolute Gasteiger partial charge is 0.444 e. The molecule has 5 heteroatoms. The highest BCUT2D eigenvalue weighted by Gasteiger charge is 2.32. The summed E-state index contributed by atoms with van der Waals surface area (Å²) < 4.78 is 5.35. The van der Waals surface area contributed by atoms with Crippen LogP contribution in [0.1, 0.15) is 40.0 Å². The lowest BCUT2D eigenvalue weighted by Crippen LogP contribution is -2.42. The zero-order chi connectivity index (χ0) is 13.1. The number of carbonyl (C=O) groups excluding carboxylic acids is 1. The van der Waals surface area contributed by atoms with E-state index < -0.39 is 5.60 Å². The van der Waals surface area contributed by atoms with Gasteiger partial charge in [0, 0.05) is 18.6 Å². The maximum Gasteiger partial charge on any atom is 0.410 e. The van der Waals surface area contributed by atoms with Gasteiger partial charge in [-0.15, -0.1) is 0 Å². The molecule has 0 bridgehead atoms. The lowest BCUT2D eigenvalue weighted by molar-refractivity contribution is 0.0211. The fourth-order valence-electron chi connectivity index (χ4n) is 2.07. The number of aliphatic hydroxyl groups excluding tert-OH is 1. The average molecular weight is 244 g/mol. The minimum atomic E-state index is -0.469. The zero-order valence-corrected chi connectivity index (χ0v) is 11.0. The third kappa shape index (κ3) is 4.52. The van der Waals surface area contributed by atoms with E-state index in [2.05, 4.69) is 0 Å². The summed E-state index contributed by atoms with van der Waals surface area (Å²) in [6, 6.07) is -0.157. The van der Waals surface area contributed by atoms with Gasteiger partial charge in [0.25, 0.3) is 0 Å². The second-order valence-corrected chi connectivity index (χ2v) is 5.65. The van der Waals surface area contributed by atoms with Crippen molar-refractivity contribution in [2.45, 2.75) is 57.7 Å². The Hall–Kier alpha value is -0.810. The van der Waals surface area contributed by atoms with E-state index in [1.807, 2.05) is 20.8 Å². The third-order valence-corrected chi connectivity index (χ3v) is 2.81. The molecule has 2 atom stereocenters. The lowest BCUT2D eigenvalue weighted by Gasteiger charge is -2.29. The molecule has 0 unspecified atom stereocenters. The van der Waals surface area contributed by atoms with Crippen molar-refractivity contribution in [2.75, 3.05) is 13.2 Å². The van der Waals surface area contributed by atoms with Crippen LogP contribution in [0.3, 0.4) is 0 Å². The molecule has 1 aliphatic heterocycles. The van der Waals surface area contributed by atoms with Crippen molar-refractivity contribution in [3.05, 3.63) is 0 Å². The van der Waals surface area contributed by atoms with Gasteiger partial charge in [0.2, 0.25) is 0 Å². The lowest BCUT2D eigenvalue weighted by atomic mass is 10.1. The van der Waals surface area contributed by atoms with Crippen LogP contribution in [0, 0.1) is 0 Å². The normalized spacial score (nSPS) is 22.6. The van der Waals surface area contributed by atoms with Gasteiger partial charge in [-0.1, -0.05) is 0 Å². The Morgan fingerprint density at radius 2 is 2.24 bits per heavy atom. The summed E-state index contributed by atoms with van der Waals surface area (Å²) in [5, 5.41) is 8.95. The number of likely N-dealkylation sites (tertiary alicyclic amines) is 1. The number of amides is 1. The summed E-state index contributed by atoms with van der Waals surface area (Å²) in [4.78, 5) is 13.7. The number of aliphatic hydroxyl groups is 1. The maximum atomic E-state index is 11.9. The Kier molecular flexibility index (Phi) is 4.77. The van der Waals surface area contributed by atoms with E-state index in [4.69, 9.17) is 15.6 Å². The highest BCUT2D eigenvalue weighted by Crippen LogP contribution is 2.23. The molecule has 1 fully saturated rings. The van der Waals surface area contributed by atoms with Gasteiger partial charge in [-0.05, 0) is 40.0 Å². The van der Waals surface area contributed by atoms with Crippen molar-refractivity contribution in [2.24, 2.45) is 5.73 Å². The van der Waals surface area contributed by atoms with Crippen molar-refractivity contribution in [3.8, 4) is 0 Å². The van der Waals surface area contributed by atoms with Gasteiger partial charge in [-0.2, -0.15) is 0 Å². The van der Waals surface area contributed by atoms with E-state index in [0.717, 1.165) is 19.4 Å². The number of rotatable bonds is 3. The monoisotopic (exact) mass is 244 g/mol. The molecule has 0 aromatic carbocycles. The molecule has 1 amide bonds. The summed E-state index contributed by atoms with van der Waals surface area (Å²) in [5.74, 6) is 0. The second-order valence-electron chi connectivity index (χ2n) is 5.65. The average Bonchev–Trinajstić information content (AvgIpc) is 2.63. The van der Waals surface area contributed by atoms with E-state index in [-0.39, 0.29) is 24.8 Å². The van der Waals surface area contributed by atoms with Gasteiger partial charge in [-0.3, -0.25) is 0 Å². The highest BCUT2D eigenvalue weighted by molar-refractivity contribution is 5.68. The van der Waals surface area contributed by atoms with Crippen molar-refractivity contribution < 1.29 is 14.6 Å². The molecule has 100 valence electrons. The first-order chi connectivity index (χ1) is 7.83. The van der Waals surface area contributed by atoms with E-state index in [0.29, 0.717) is 6.42 Å².